The summed E-state index contributed by atoms with van der Waals surface area (Å²) in [6.45, 7) is 7.46. The van der Waals surface area contributed by atoms with Crippen molar-refractivity contribution in [3.05, 3.63) is 24.3 Å². The number of nitrogens with zero attached hydrogens (tertiary/aromatic N) is 2. The Balaban J connectivity index is 2.35. The van der Waals surface area contributed by atoms with Crippen LogP contribution in [0.5, 0.6) is 0 Å². The quantitative estimate of drug-likeness (QED) is 0.935. The van der Waals surface area contributed by atoms with Crippen LogP contribution in [0.15, 0.2) is 24.3 Å². The lowest BCUT2D eigenvalue weighted by Gasteiger charge is -2.27. The van der Waals surface area contributed by atoms with Crippen LogP contribution in [0.4, 0.5) is 5.13 Å². The molecule has 0 aliphatic rings. The van der Waals surface area contributed by atoms with E-state index in [0.717, 1.165) is 21.9 Å². The molecule has 2 aromatic rings. The van der Waals surface area contributed by atoms with Gasteiger partial charge in [0.25, 0.3) is 0 Å². The minimum Gasteiger partial charge on any atom is -0.338 e. The molecule has 0 spiro atoms. The van der Waals surface area contributed by atoms with E-state index in [1.807, 2.05) is 49.9 Å². The van der Waals surface area contributed by atoms with E-state index in [2.05, 4.69) is 19.1 Å². The standard InChI is InChI=1S/C16H23N3OS/c1-16(2,3)14(20)19(11-10-18(4)5)15-17-12-8-6-7-9-13(12)21-15/h6-9H,10-11H2,1-5H3/p+1. The fourth-order valence-corrected chi connectivity index (χ4v) is 2.99. The summed E-state index contributed by atoms with van der Waals surface area (Å²) in [5.41, 5.74) is 0.556. The highest BCUT2D eigenvalue weighted by atomic mass is 32.1. The average molecular weight is 306 g/mol. The third-order valence-electron chi connectivity index (χ3n) is 3.24. The molecule has 0 aliphatic carbocycles. The maximum atomic E-state index is 12.7. The van der Waals surface area contributed by atoms with Crippen LogP contribution < -0.4 is 9.80 Å². The molecule has 0 unspecified atom stereocenters. The van der Waals surface area contributed by atoms with Gasteiger partial charge in [-0.25, -0.2) is 4.98 Å². The predicted molar refractivity (Wildman–Crippen MR) is 89.1 cm³/mol. The van der Waals surface area contributed by atoms with Crippen molar-refractivity contribution in [1.29, 1.82) is 0 Å². The van der Waals surface area contributed by atoms with Crippen LogP contribution >= 0.6 is 11.3 Å². The molecule has 4 nitrogen and oxygen atoms in total. The van der Waals surface area contributed by atoms with Gasteiger partial charge in [0.2, 0.25) is 5.91 Å². The van der Waals surface area contributed by atoms with Gasteiger partial charge in [-0.15, -0.1) is 0 Å². The fourth-order valence-electron chi connectivity index (χ4n) is 2.00. The van der Waals surface area contributed by atoms with Gasteiger partial charge in [-0.05, 0) is 12.1 Å². The smallest absolute Gasteiger partial charge is 0.234 e. The summed E-state index contributed by atoms with van der Waals surface area (Å²) in [5.74, 6) is 0.128. The van der Waals surface area contributed by atoms with Gasteiger partial charge in [0.15, 0.2) is 5.13 Å². The normalized spacial score (nSPS) is 12.1. The minimum absolute atomic E-state index is 0.128. The lowest BCUT2D eigenvalue weighted by atomic mass is 9.95. The Hall–Kier alpha value is -1.46. The summed E-state index contributed by atoms with van der Waals surface area (Å²) in [4.78, 5) is 20.5. The first-order valence-electron chi connectivity index (χ1n) is 7.25. The number of amides is 1. The van der Waals surface area contributed by atoms with E-state index in [9.17, 15) is 4.79 Å². The molecule has 114 valence electrons. The predicted octanol–water partition coefficient (Wildman–Crippen LogP) is 1.82. The Bertz CT molecular complexity index is 595. The summed E-state index contributed by atoms with van der Waals surface area (Å²) in [5, 5.41) is 0.803. The van der Waals surface area contributed by atoms with E-state index < -0.39 is 5.41 Å². The number of rotatable bonds is 4. The molecule has 0 saturated carbocycles. The molecule has 21 heavy (non-hydrogen) atoms. The number of nitrogens with one attached hydrogen (secondary N) is 1. The second-order valence-electron chi connectivity index (χ2n) is 6.63. The van der Waals surface area contributed by atoms with Crippen LogP contribution in [-0.2, 0) is 4.79 Å². The number of carbonyl (C=O) groups excluding carboxylic acids is 1. The Morgan fingerprint density at radius 2 is 1.95 bits per heavy atom. The van der Waals surface area contributed by atoms with Crippen LogP contribution in [-0.4, -0.2) is 38.1 Å². The van der Waals surface area contributed by atoms with Crippen molar-refractivity contribution in [2.75, 3.05) is 32.1 Å². The molecule has 1 amide bonds. The number of aromatic nitrogens is 1. The minimum atomic E-state index is -0.403. The largest absolute Gasteiger partial charge is 0.338 e. The maximum Gasteiger partial charge on any atom is 0.234 e. The highest BCUT2D eigenvalue weighted by Crippen LogP contribution is 2.31. The number of hydrogen-bond donors (Lipinski definition) is 1. The number of benzene rings is 1. The van der Waals surface area contributed by atoms with Crippen LogP contribution in [0, 0.1) is 5.41 Å². The first-order valence-corrected chi connectivity index (χ1v) is 8.07. The van der Waals surface area contributed by atoms with E-state index >= 15 is 0 Å². The number of anilines is 1. The van der Waals surface area contributed by atoms with Crippen molar-refractivity contribution in [2.24, 2.45) is 5.41 Å². The summed E-state index contributed by atoms with van der Waals surface area (Å²) in [6, 6.07) is 8.02. The molecular weight excluding hydrogens is 282 g/mol. The zero-order chi connectivity index (χ0) is 15.6. The molecular formula is C16H24N3OS+. The van der Waals surface area contributed by atoms with Crippen molar-refractivity contribution in [3.63, 3.8) is 0 Å². The summed E-state index contributed by atoms with van der Waals surface area (Å²) >= 11 is 1.59. The molecule has 0 fully saturated rings. The Morgan fingerprint density at radius 1 is 1.29 bits per heavy atom. The number of likely N-dealkylation sites (N-methyl/N-ethyl adjacent to an activating group) is 1. The molecule has 0 radical (unpaired) electrons. The molecule has 2 rings (SSSR count). The van der Waals surface area contributed by atoms with Gasteiger partial charge in [0.05, 0.1) is 37.4 Å². The lowest BCUT2D eigenvalue weighted by molar-refractivity contribution is -0.856. The third-order valence-corrected chi connectivity index (χ3v) is 4.30. The highest BCUT2D eigenvalue weighted by molar-refractivity contribution is 7.22. The van der Waals surface area contributed by atoms with E-state index in [-0.39, 0.29) is 5.91 Å². The summed E-state index contributed by atoms with van der Waals surface area (Å²) in [7, 11) is 4.19. The molecule has 0 atom stereocenters. The number of para-hydroxylation sites is 1. The van der Waals surface area contributed by atoms with E-state index in [0.29, 0.717) is 6.54 Å². The molecule has 1 heterocycles. The van der Waals surface area contributed by atoms with Crippen LogP contribution in [0.3, 0.4) is 0 Å². The molecule has 1 aromatic heterocycles. The fraction of sp³-hybridized carbons (Fsp3) is 0.500. The number of quaternary nitrogens is 1. The van der Waals surface area contributed by atoms with E-state index in [4.69, 9.17) is 0 Å². The number of carbonyl (C=O) groups is 1. The summed E-state index contributed by atoms with van der Waals surface area (Å²) < 4.78 is 1.12. The number of hydrogen-bond acceptors (Lipinski definition) is 3. The van der Waals surface area contributed by atoms with Gasteiger partial charge in [-0.2, -0.15) is 0 Å². The monoisotopic (exact) mass is 306 g/mol. The molecule has 0 saturated heterocycles. The SMILES string of the molecule is C[NH+](C)CCN(C(=O)C(C)(C)C)c1nc2ccccc2s1. The molecule has 0 bridgehead atoms. The van der Waals surface area contributed by atoms with Crippen molar-refractivity contribution in [1.82, 2.24) is 4.98 Å². The van der Waals surface area contributed by atoms with E-state index in [1.165, 1.54) is 4.90 Å². The zero-order valence-electron chi connectivity index (χ0n) is 13.4. The third kappa shape index (κ3) is 3.80. The number of thiazole rings is 1. The van der Waals surface area contributed by atoms with Crippen molar-refractivity contribution >= 4 is 32.6 Å². The van der Waals surface area contributed by atoms with Gasteiger partial charge in [0, 0.05) is 5.41 Å². The van der Waals surface area contributed by atoms with Crippen molar-refractivity contribution in [2.45, 2.75) is 20.8 Å². The first kappa shape index (κ1) is 15.9. The van der Waals surface area contributed by atoms with Crippen molar-refractivity contribution < 1.29 is 9.69 Å². The lowest BCUT2D eigenvalue weighted by Crippen LogP contribution is -3.06. The molecule has 1 N–H and O–H groups in total. The maximum absolute atomic E-state index is 12.7. The van der Waals surface area contributed by atoms with Gasteiger partial charge in [0.1, 0.15) is 0 Å². The first-order chi connectivity index (χ1) is 9.79. The Labute approximate surface area is 130 Å². The van der Waals surface area contributed by atoms with Crippen LogP contribution in [0.1, 0.15) is 20.8 Å². The number of fused-ring (bicyclic) bond motifs is 1. The van der Waals surface area contributed by atoms with Gasteiger partial charge in [-0.1, -0.05) is 44.2 Å². The Morgan fingerprint density at radius 3 is 2.52 bits per heavy atom. The van der Waals surface area contributed by atoms with Crippen LogP contribution in [0.25, 0.3) is 10.2 Å². The molecule has 1 aromatic carbocycles. The zero-order valence-corrected chi connectivity index (χ0v) is 14.3. The van der Waals surface area contributed by atoms with Crippen LogP contribution in [0.2, 0.25) is 0 Å². The molecule has 0 aliphatic heterocycles. The molecule has 5 heteroatoms. The topological polar surface area (TPSA) is 37.6 Å². The second-order valence-corrected chi connectivity index (χ2v) is 7.64. The average Bonchev–Trinajstić information content (AvgIpc) is 2.80. The van der Waals surface area contributed by atoms with Gasteiger partial charge in [-0.3, -0.25) is 9.69 Å². The Kier molecular flexibility index (Phi) is 4.64. The van der Waals surface area contributed by atoms with E-state index in [1.54, 1.807) is 11.3 Å². The highest BCUT2D eigenvalue weighted by Gasteiger charge is 2.30. The summed E-state index contributed by atoms with van der Waals surface area (Å²) in [6.07, 6.45) is 0. The second kappa shape index (κ2) is 6.12. The van der Waals surface area contributed by atoms with Gasteiger partial charge < -0.3 is 4.90 Å². The van der Waals surface area contributed by atoms with Crippen molar-refractivity contribution in [3.8, 4) is 0 Å². The van der Waals surface area contributed by atoms with Gasteiger partial charge >= 0.3 is 0 Å².